The highest BCUT2D eigenvalue weighted by Crippen LogP contribution is 2.36. The standard InChI is InChI=1S/C18H19N3/c1-11(2)12-6-8-13(9-7-12)17-14-4-3-5-16(14)21-18(20)15(17)10-19/h6-9,11H,3-5H2,1-2H3,(H2,20,21). The molecule has 0 saturated heterocycles. The third kappa shape index (κ3) is 2.27. The summed E-state index contributed by atoms with van der Waals surface area (Å²) in [6, 6.07) is 10.7. The van der Waals surface area contributed by atoms with E-state index in [-0.39, 0.29) is 0 Å². The van der Waals surface area contributed by atoms with Crippen molar-refractivity contribution in [2.45, 2.75) is 39.0 Å². The zero-order chi connectivity index (χ0) is 15.0. The van der Waals surface area contributed by atoms with Gasteiger partial charge in [0.05, 0.1) is 0 Å². The van der Waals surface area contributed by atoms with Gasteiger partial charge in [0.25, 0.3) is 0 Å². The van der Waals surface area contributed by atoms with Gasteiger partial charge in [-0.3, -0.25) is 0 Å². The molecule has 1 heterocycles. The summed E-state index contributed by atoms with van der Waals surface area (Å²) in [7, 11) is 0. The smallest absolute Gasteiger partial charge is 0.142 e. The first-order valence-corrected chi connectivity index (χ1v) is 7.43. The van der Waals surface area contributed by atoms with Crippen molar-refractivity contribution in [2.75, 3.05) is 5.73 Å². The monoisotopic (exact) mass is 277 g/mol. The number of nitriles is 1. The molecule has 3 heteroatoms. The minimum atomic E-state index is 0.362. The third-order valence-electron chi connectivity index (χ3n) is 4.23. The highest BCUT2D eigenvalue weighted by molar-refractivity contribution is 5.79. The molecule has 3 nitrogen and oxygen atoms in total. The van der Waals surface area contributed by atoms with Crippen LogP contribution in [0, 0.1) is 11.3 Å². The van der Waals surface area contributed by atoms with Crippen LogP contribution in [-0.2, 0) is 12.8 Å². The van der Waals surface area contributed by atoms with Crippen LogP contribution in [0.15, 0.2) is 24.3 Å². The van der Waals surface area contributed by atoms with Gasteiger partial charge in [0.15, 0.2) is 0 Å². The first kappa shape index (κ1) is 13.6. The maximum Gasteiger partial charge on any atom is 0.142 e. The van der Waals surface area contributed by atoms with E-state index < -0.39 is 0 Å². The predicted molar refractivity (Wildman–Crippen MR) is 84.9 cm³/mol. The van der Waals surface area contributed by atoms with E-state index in [4.69, 9.17) is 5.73 Å². The minimum Gasteiger partial charge on any atom is -0.383 e. The molecule has 0 radical (unpaired) electrons. The normalized spacial score (nSPS) is 13.2. The SMILES string of the molecule is CC(C)c1ccc(-c2c(C#N)c(N)nc3c2CCC3)cc1. The van der Waals surface area contributed by atoms with E-state index in [1.165, 1.54) is 11.1 Å². The lowest BCUT2D eigenvalue weighted by molar-refractivity contribution is 0.867. The molecule has 0 amide bonds. The number of nitrogen functional groups attached to an aromatic ring is 1. The number of fused-ring (bicyclic) bond motifs is 1. The topological polar surface area (TPSA) is 62.7 Å². The molecule has 2 aromatic rings. The molecule has 0 fully saturated rings. The van der Waals surface area contributed by atoms with Gasteiger partial charge in [-0.15, -0.1) is 0 Å². The fourth-order valence-electron chi connectivity index (χ4n) is 3.07. The summed E-state index contributed by atoms with van der Waals surface area (Å²) in [5, 5.41) is 9.46. The van der Waals surface area contributed by atoms with Crippen LogP contribution >= 0.6 is 0 Å². The Kier molecular flexibility index (Phi) is 3.39. The molecule has 21 heavy (non-hydrogen) atoms. The molecule has 0 bridgehead atoms. The van der Waals surface area contributed by atoms with Crippen molar-refractivity contribution in [3.63, 3.8) is 0 Å². The van der Waals surface area contributed by atoms with Gasteiger partial charge in [-0.2, -0.15) is 5.26 Å². The van der Waals surface area contributed by atoms with Crippen LogP contribution in [0.4, 0.5) is 5.82 Å². The molecular formula is C18H19N3. The molecule has 106 valence electrons. The van der Waals surface area contributed by atoms with Crippen molar-refractivity contribution < 1.29 is 0 Å². The molecule has 1 aliphatic carbocycles. The second kappa shape index (κ2) is 5.21. The Bertz CT molecular complexity index is 721. The number of nitrogens with two attached hydrogens (primary N) is 1. The Balaban J connectivity index is 2.20. The zero-order valence-corrected chi connectivity index (χ0v) is 12.5. The Morgan fingerprint density at radius 2 is 1.90 bits per heavy atom. The van der Waals surface area contributed by atoms with Crippen molar-refractivity contribution in [3.8, 4) is 17.2 Å². The minimum absolute atomic E-state index is 0.362. The van der Waals surface area contributed by atoms with Gasteiger partial charge in [-0.05, 0) is 41.9 Å². The summed E-state index contributed by atoms with van der Waals surface area (Å²) < 4.78 is 0. The molecule has 1 aromatic carbocycles. The molecule has 1 aromatic heterocycles. The number of rotatable bonds is 2. The van der Waals surface area contributed by atoms with Crippen molar-refractivity contribution >= 4 is 5.82 Å². The molecule has 2 N–H and O–H groups in total. The highest BCUT2D eigenvalue weighted by Gasteiger charge is 2.23. The van der Waals surface area contributed by atoms with Gasteiger partial charge in [-0.1, -0.05) is 38.1 Å². The Morgan fingerprint density at radius 3 is 2.52 bits per heavy atom. The quantitative estimate of drug-likeness (QED) is 0.907. The fourth-order valence-corrected chi connectivity index (χ4v) is 3.07. The molecule has 0 unspecified atom stereocenters. The summed E-state index contributed by atoms with van der Waals surface area (Å²) in [4.78, 5) is 4.41. The lowest BCUT2D eigenvalue weighted by atomic mass is 9.92. The van der Waals surface area contributed by atoms with Gasteiger partial charge in [-0.25, -0.2) is 4.98 Å². The van der Waals surface area contributed by atoms with Gasteiger partial charge >= 0.3 is 0 Å². The molecule has 0 atom stereocenters. The lowest BCUT2D eigenvalue weighted by Crippen LogP contribution is -2.03. The van der Waals surface area contributed by atoms with Crippen molar-refractivity contribution in [2.24, 2.45) is 0 Å². The average molecular weight is 277 g/mol. The highest BCUT2D eigenvalue weighted by atomic mass is 14.9. The largest absolute Gasteiger partial charge is 0.383 e. The van der Waals surface area contributed by atoms with Gasteiger partial charge in [0.1, 0.15) is 17.5 Å². The average Bonchev–Trinajstić information content (AvgIpc) is 2.93. The number of anilines is 1. The van der Waals surface area contributed by atoms with Crippen LogP contribution < -0.4 is 5.73 Å². The Hall–Kier alpha value is -2.34. The number of pyridine rings is 1. The lowest BCUT2D eigenvalue weighted by Gasteiger charge is -2.13. The predicted octanol–water partition coefficient (Wildman–Crippen LogP) is 3.81. The maximum atomic E-state index is 9.46. The van der Waals surface area contributed by atoms with Gasteiger partial charge in [0.2, 0.25) is 0 Å². The molecule has 0 aliphatic heterocycles. The number of benzene rings is 1. The third-order valence-corrected chi connectivity index (χ3v) is 4.23. The van der Waals surface area contributed by atoms with E-state index in [0.29, 0.717) is 17.3 Å². The second-order valence-corrected chi connectivity index (χ2v) is 5.91. The first-order valence-electron chi connectivity index (χ1n) is 7.43. The number of nitrogens with zero attached hydrogens (tertiary/aromatic N) is 2. The number of aromatic nitrogens is 1. The van der Waals surface area contributed by atoms with Crippen LogP contribution in [0.2, 0.25) is 0 Å². The Labute approximate surface area is 125 Å². The molecule has 1 aliphatic rings. The van der Waals surface area contributed by atoms with Crippen LogP contribution in [0.5, 0.6) is 0 Å². The number of hydrogen-bond acceptors (Lipinski definition) is 3. The fraction of sp³-hybridized carbons (Fsp3) is 0.333. The van der Waals surface area contributed by atoms with Crippen LogP contribution in [0.3, 0.4) is 0 Å². The molecule has 0 spiro atoms. The van der Waals surface area contributed by atoms with E-state index in [0.717, 1.165) is 36.1 Å². The summed E-state index contributed by atoms with van der Waals surface area (Å²) in [6.07, 6.45) is 3.04. The van der Waals surface area contributed by atoms with E-state index in [2.05, 4.69) is 49.2 Å². The van der Waals surface area contributed by atoms with Crippen LogP contribution in [0.1, 0.15) is 48.6 Å². The summed E-state index contributed by atoms with van der Waals surface area (Å²) in [5.74, 6) is 0.865. The molecular weight excluding hydrogens is 258 g/mol. The van der Waals surface area contributed by atoms with Crippen molar-refractivity contribution in [1.82, 2.24) is 4.98 Å². The van der Waals surface area contributed by atoms with Gasteiger partial charge in [0, 0.05) is 11.3 Å². The van der Waals surface area contributed by atoms with E-state index in [9.17, 15) is 5.26 Å². The van der Waals surface area contributed by atoms with Crippen LogP contribution in [0.25, 0.3) is 11.1 Å². The molecule has 3 rings (SSSR count). The van der Waals surface area contributed by atoms with E-state index >= 15 is 0 Å². The van der Waals surface area contributed by atoms with E-state index in [1.54, 1.807) is 0 Å². The number of aryl methyl sites for hydroxylation is 1. The first-order chi connectivity index (χ1) is 10.1. The summed E-state index contributed by atoms with van der Waals surface area (Å²) >= 11 is 0. The second-order valence-electron chi connectivity index (χ2n) is 5.91. The van der Waals surface area contributed by atoms with Crippen molar-refractivity contribution in [3.05, 3.63) is 46.6 Å². The summed E-state index contributed by atoms with van der Waals surface area (Å²) in [6.45, 7) is 4.36. The number of hydrogen-bond donors (Lipinski definition) is 1. The Morgan fingerprint density at radius 1 is 1.19 bits per heavy atom. The molecule has 0 saturated carbocycles. The summed E-state index contributed by atoms with van der Waals surface area (Å²) in [5.41, 5.74) is 12.1. The maximum absolute atomic E-state index is 9.46. The zero-order valence-electron chi connectivity index (χ0n) is 12.5. The van der Waals surface area contributed by atoms with E-state index in [1.807, 2.05) is 0 Å². The van der Waals surface area contributed by atoms with Gasteiger partial charge < -0.3 is 5.73 Å². The van der Waals surface area contributed by atoms with Crippen LogP contribution in [-0.4, -0.2) is 4.98 Å². The van der Waals surface area contributed by atoms with Crippen molar-refractivity contribution in [1.29, 1.82) is 5.26 Å².